The lowest BCUT2D eigenvalue weighted by Crippen LogP contribution is -2.03. The molecule has 1 rings (SSSR count). The molecule has 1 heterocycles. The van der Waals surface area contributed by atoms with Crippen molar-refractivity contribution in [2.24, 2.45) is 0 Å². The van der Waals surface area contributed by atoms with E-state index in [0.717, 1.165) is 0 Å². The summed E-state index contributed by atoms with van der Waals surface area (Å²) in [5.74, 6) is -0.581. The molecule has 0 aliphatic carbocycles. The molecule has 0 aromatic carbocycles. The normalized spacial score (nSPS) is 9.18. The number of aromatic nitrogens is 1. The highest BCUT2D eigenvalue weighted by molar-refractivity contribution is 5.92. The van der Waals surface area contributed by atoms with E-state index in [1.54, 1.807) is 13.1 Å². The molecule has 0 atom stereocenters. The van der Waals surface area contributed by atoms with Crippen LogP contribution in [0.5, 0.6) is 0 Å². The first kappa shape index (κ1) is 7.53. The smallest absolute Gasteiger partial charge is 0.339 e. The van der Waals surface area contributed by atoms with Gasteiger partial charge in [-0.25, -0.2) is 9.78 Å². The van der Waals surface area contributed by atoms with Crippen molar-refractivity contribution in [2.75, 3.05) is 12.4 Å². The number of carboxylic acids is 1. The first-order valence-electron chi connectivity index (χ1n) is 3.11. The van der Waals surface area contributed by atoms with E-state index in [0.29, 0.717) is 5.82 Å². The van der Waals surface area contributed by atoms with Gasteiger partial charge in [-0.2, -0.15) is 0 Å². The zero-order chi connectivity index (χ0) is 8.27. The Labute approximate surface area is 63.9 Å². The minimum absolute atomic E-state index is 0.190. The highest BCUT2D eigenvalue weighted by Crippen LogP contribution is 2.09. The van der Waals surface area contributed by atoms with E-state index in [-0.39, 0.29) is 5.56 Å². The second-order valence-corrected chi connectivity index (χ2v) is 1.95. The SMILES string of the molecule is CNc1ncccc1C(=O)O. The Morgan fingerprint density at radius 1 is 1.73 bits per heavy atom. The Kier molecular flexibility index (Phi) is 2.06. The summed E-state index contributed by atoms with van der Waals surface area (Å²) >= 11 is 0. The average Bonchev–Trinajstić information content (AvgIpc) is 2.04. The molecule has 0 spiro atoms. The molecule has 0 unspecified atom stereocenters. The number of aromatic carboxylic acids is 1. The van der Waals surface area contributed by atoms with Gasteiger partial charge in [0.05, 0.1) is 0 Å². The van der Waals surface area contributed by atoms with Gasteiger partial charge in [0.1, 0.15) is 11.4 Å². The maximum absolute atomic E-state index is 10.5. The molecule has 0 amide bonds. The fraction of sp³-hybridized carbons (Fsp3) is 0.143. The minimum atomic E-state index is -0.970. The number of anilines is 1. The third-order valence-electron chi connectivity index (χ3n) is 1.27. The lowest BCUT2D eigenvalue weighted by Gasteiger charge is -2.01. The van der Waals surface area contributed by atoms with Crippen LogP contribution in [-0.4, -0.2) is 23.1 Å². The second kappa shape index (κ2) is 3.01. The van der Waals surface area contributed by atoms with Crippen LogP contribution in [0, 0.1) is 0 Å². The van der Waals surface area contributed by atoms with Crippen molar-refractivity contribution in [3.8, 4) is 0 Å². The summed E-state index contributed by atoms with van der Waals surface area (Å²) < 4.78 is 0. The van der Waals surface area contributed by atoms with Gasteiger partial charge in [-0.15, -0.1) is 0 Å². The number of nitrogens with one attached hydrogen (secondary N) is 1. The van der Waals surface area contributed by atoms with Crippen molar-refractivity contribution >= 4 is 11.8 Å². The standard InChI is InChI=1S/C7H8N2O2/c1-8-6-5(7(10)11)3-2-4-9-6/h2-4H,1H3,(H,8,9)(H,10,11). The number of pyridine rings is 1. The van der Waals surface area contributed by atoms with Gasteiger partial charge >= 0.3 is 5.97 Å². The summed E-state index contributed by atoms with van der Waals surface area (Å²) in [7, 11) is 1.63. The van der Waals surface area contributed by atoms with Crippen LogP contribution in [0.25, 0.3) is 0 Å². The van der Waals surface area contributed by atoms with Crippen molar-refractivity contribution in [2.45, 2.75) is 0 Å². The summed E-state index contributed by atoms with van der Waals surface area (Å²) in [5, 5.41) is 11.3. The Hall–Kier alpha value is -1.58. The Bertz CT molecular complexity index is 273. The summed E-state index contributed by atoms with van der Waals surface area (Å²) in [6, 6.07) is 3.09. The number of nitrogens with zero attached hydrogens (tertiary/aromatic N) is 1. The van der Waals surface area contributed by atoms with Gasteiger partial charge in [0, 0.05) is 13.2 Å². The lowest BCUT2D eigenvalue weighted by molar-refractivity contribution is 0.0697. The second-order valence-electron chi connectivity index (χ2n) is 1.95. The Morgan fingerprint density at radius 3 is 2.91 bits per heavy atom. The van der Waals surface area contributed by atoms with Crippen LogP contribution in [0.3, 0.4) is 0 Å². The van der Waals surface area contributed by atoms with Crippen LogP contribution < -0.4 is 5.32 Å². The average molecular weight is 152 g/mol. The maximum atomic E-state index is 10.5. The molecular formula is C7H8N2O2. The zero-order valence-corrected chi connectivity index (χ0v) is 6.03. The monoisotopic (exact) mass is 152 g/mol. The Morgan fingerprint density at radius 2 is 2.45 bits per heavy atom. The molecule has 2 N–H and O–H groups in total. The fourth-order valence-electron chi connectivity index (χ4n) is 0.777. The van der Waals surface area contributed by atoms with Crippen molar-refractivity contribution in [3.05, 3.63) is 23.9 Å². The van der Waals surface area contributed by atoms with Crippen molar-refractivity contribution in [1.82, 2.24) is 4.98 Å². The summed E-state index contributed by atoms with van der Waals surface area (Å²) in [4.78, 5) is 14.3. The van der Waals surface area contributed by atoms with Crippen LogP contribution in [-0.2, 0) is 0 Å². The third kappa shape index (κ3) is 1.46. The van der Waals surface area contributed by atoms with Gasteiger partial charge in [0.15, 0.2) is 0 Å². The summed E-state index contributed by atoms with van der Waals surface area (Å²) in [6.07, 6.45) is 1.54. The zero-order valence-electron chi connectivity index (χ0n) is 6.03. The van der Waals surface area contributed by atoms with Crippen LogP contribution in [0.15, 0.2) is 18.3 Å². The molecule has 0 bridgehead atoms. The highest BCUT2D eigenvalue weighted by atomic mass is 16.4. The Balaban J connectivity index is 3.12. The number of hydrogen-bond donors (Lipinski definition) is 2. The van der Waals surface area contributed by atoms with Gasteiger partial charge in [-0.05, 0) is 12.1 Å². The van der Waals surface area contributed by atoms with Gasteiger partial charge in [0.25, 0.3) is 0 Å². The van der Waals surface area contributed by atoms with Crippen molar-refractivity contribution in [1.29, 1.82) is 0 Å². The molecule has 58 valence electrons. The fourth-order valence-corrected chi connectivity index (χ4v) is 0.777. The maximum Gasteiger partial charge on any atom is 0.339 e. The number of hydrogen-bond acceptors (Lipinski definition) is 3. The molecule has 1 aromatic heterocycles. The third-order valence-corrected chi connectivity index (χ3v) is 1.27. The molecule has 0 aliphatic rings. The molecule has 0 radical (unpaired) electrons. The van der Waals surface area contributed by atoms with E-state index in [1.165, 1.54) is 12.3 Å². The molecular weight excluding hydrogens is 144 g/mol. The molecule has 0 fully saturated rings. The van der Waals surface area contributed by atoms with Crippen LogP contribution >= 0.6 is 0 Å². The first-order chi connectivity index (χ1) is 5.25. The predicted octanol–water partition coefficient (Wildman–Crippen LogP) is 0.822. The van der Waals surface area contributed by atoms with E-state index >= 15 is 0 Å². The van der Waals surface area contributed by atoms with Crippen molar-refractivity contribution < 1.29 is 9.90 Å². The van der Waals surface area contributed by atoms with Crippen LogP contribution in [0.2, 0.25) is 0 Å². The molecule has 11 heavy (non-hydrogen) atoms. The van der Waals surface area contributed by atoms with Crippen LogP contribution in [0.4, 0.5) is 5.82 Å². The van der Waals surface area contributed by atoms with Crippen LogP contribution in [0.1, 0.15) is 10.4 Å². The topological polar surface area (TPSA) is 62.2 Å². The van der Waals surface area contributed by atoms with Gasteiger partial charge in [-0.1, -0.05) is 0 Å². The predicted molar refractivity (Wildman–Crippen MR) is 40.7 cm³/mol. The quantitative estimate of drug-likeness (QED) is 0.658. The van der Waals surface area contributed by atoms with E-state index in [9.17, 15) is 4.79 Å². The van der Waals surface area contributed by atoms with E-state index in [2.05, 4.69) is 10.3 Å². The van der Waals surface area contributed by atoms with Crippen molar-refractivity contribution in [3.63, 3.8) is 0 Å². The van der Waals surface area contributed by atoms with E-state index < -0.39 is 5.97 Å². The summed E-state index contributed by atoms with van der Waals surface area (Å²) in [5.41, 5.74) is 0.190. The highest BCUT2D eigenvalue weighted by Gasteiger charge is 2.07. The van der Waals surface area contributed by atoms with E-state index in [1.807, 2.05) is 0 Å². The molecule has 0 saturated carbocycles. The van der Waals surface area contributed by atoms with Gasteiger partial charge < -0.3 is 10.4 Å². The molecule has 4 heteroatoms. The molecule has 1 aromatic rings. The summed E-state index contributed by atoms with van der Waals surface area (Å²) in [6.45, 7) is 0. The minimum Gasteiger partial charge on any atom is -0.478 e. The lowest BCUT2D eigenvalue weighted by atomic mass is 10.2. The first-order valence-corrected chi connectivity index (χ1v) is 3.11. The number of carboxylic acid groups (broad SMARTS) is 1. The van der Waals surface area contributed by atoms with Gasteiger partial charge in [0.2, 0.25) is 0 Å². The molecule has 4 nitrogen and oxygen atoms in total. The molecule has 0 saturated heterocycles. The number of carbonyl (C=O) groups is 1. The molecule has 0 aliphatic heterocycles. The number of rotatable bonds is 2. The van der Waals surface area contributed by atoms with Gasteiger partial charge in [-0.3, -0.25) is 0 Å². The van der Waals surface area contributed by atoms with E-state index in [4.69, 9.17) is 5.11 Å². The largest absolute Gasteiger partial charge is 0.478 e.